The fourth-order valence-corrected chi connectivity index (χ4v) is 7.71. The first-order valence-electron chi connectivity index (χ1n) is 13.1. The molecule has 5 fully saturated rings. The van der Waals surface area contributed by atoms with Crippen LogP contribution in [-0.2, 0) is 9.47 Å². The molecular formula is C25H43FN2O2. The molecule has 30 heavy (non-hydrogen) atoms. The zero-order chi connectivity index (χ0) is 20.4. The molecule has 172 valence electrons. The standard InChI is InChI=1S/C25H43FN2O2/c26-24-19-7-5-9-21(24)20-8-1-2-10-22(20)30-15-4-3-13-28-14-6-11-25(23(28)17-19)18-29-16-12-27-25/h19-24,27H,1-18H2/t19?,20?,21?,22?,23-,24?,25+/m0/s1. The number of alkyl halides is 1. The lowest BCUT2D eigenvalue weighted by Crippen LogP contribution is -2.69. The van der Waals surface area contributed by atoms with Gasteiger partial charge in [0.15, 0.2) is 0 Å². The molecule has 5 unspecified atom stereocenters. The summed E-state index contributed by atoms with van der Waals surface area (Å²) in [7, 11) is 0. The number of hydrogen-bond donors (Lipinski definition) is 1. The van der Waals surface area contributed by atoms with Gasteiger partial charge in [-0.05, 0) is 88.6 Å². The molecule has 3 heterocycles. The van der Waals surface area contributed by atoms with E-state index in [1.165, 1.54) is 44.9 Å². The first-order valence-corrected chi connectivity index (χ1v) is 13.1. The van der Waals surface area contributed by atoms with E-state index in [9.17, 15) is 0 Å². The molecule has 0 aromatic rings. The summed E-state index contributed by atoms with van der Waals surface area (Å²) in [6.07, 6.45) is 13.6. The van der Waals surface area contributed by atoms with Crippen LogP contribution >= 0.6 is 0 Å². The number of ether oxygens (including phenoxy) is 2. The van der Waals surface area contributed by atoms with E-state index in [-0.39, 0.29) is 17.4 Å². The third-order valence-corrected chi connectivity index (χ3v) is 9.20. The Balaban J connectivity index is 1.41. The normalized spacial score (nSPS) is 46.7. The van der Waals surface area contributed by atoms with Gasteiger partial charge in [0, 0.05) is 19.2 Å². The molecule has 0 radical (unpaired) electrons. The van der Waals surface area contributed by atoms with Crippen LogP contribution in [0.25, 0.3) is 0 Å². The molecule has 2 saturated carbocycles. The average molecular weight is 423 g/mol. The highest BCUT2D eigenvalue weighted by Crippen LogP contribution is 2.46. The van der Waals surface area contributed by atoms with Crippen LogP contribution < -0.4 is 5.32 Å². The third-order valence-electron chi connectivity index (χ3n) is 9.20. The molecular weight excluding hydrogens is 379 g/mol. The summed E-state index contributed by atoms with van der Waals surface area (Å²) in [6.45, 7) is 5.70. The molecule has 3 saturated heterocycles. The van der Waals surface area contributed by atoms with Crippen molar-refractivity contribution in [2.24, 2.45) is 17.8 Å². The van der Waals surface area contributed by atoms with Crippen LogP contribution in [-0.4, -0.2) is 68.2 Å². The minimum Gasteiger partial charge on any atom is -0.378 e. The van der Waals surface area contributed by atoms with Crippen LogP contribution in [0.15, 0.2) is 0 Å². The van der Waals surface area contributed by atoms with Gasteiger partial charge in [0.25, 0.3) is 0 Å². The number of hydrogen-bond acceptors (Lipinski definition) is 4. The van der Waals surface area contributed by atoms with E-state index in [2.05, 4.69) is 10.2 Å². The van der Waals surface area contributed by atoms with Gasteiger partial charge >= 0.3 is 0 Å². The summed E-state index contributed by atoms with van der Waals surface area (Å²) in [5.41, 5.74) is 0.0349. The van der Waals surface area contributed by atoms with E-state index in [1.807, 2.05) is 0 Å². The molecule has 0 amide bonds. The largest absolute Gasteiger partial charge is 0.378 e. The second-order valence-corrected chi connectivity index (χ2v) is 10.9. The molecule has 1 N–H and O–H groups in total. The minimum absolute atomic E-state index is 0.0349. The van der Waals surface area contributed by atoms with Crippen molar-refractivity contribution in [3.8, 4) is 0 Å². The number of rotatable bonds is 0. The summed E-state index contributed by atoms with van der Waals surface area (Å²) in [6, 6.07) is 0.414. The molecule has 4 nitrogen and oxygen atoms in total. The summed E-state index contributed by atoms with van der Waals surface area (Å²) in [4.78, 5) is 2.70. The number of nitrogens with zero attached hydrogens (tertiary/aromatic N) is 1. The zero-order valence-electron chi connectivity index (χ0n) is 18.8. The highest BCUT2D eigenvalue weighted by Gasteiger charge is 2.49. The van der Waals surface area contributed by atoms with Crippen molar-refractivity contribution in [1.29, 1.82) is 0 Å². The zero-order valence-corrected chi connectivity index (χ0v) is 18.8. The molecule has 5 aliphatic rings. The lowest BCUT2D eigenvalue weighted by atomic mass is 9.65. The van der Waals surface area contributed by atoms with Crippen molar-refractivity contribution >= 4 is 0 Å². The highest BCUT2D eigenvalue weighted by atomic mass is 19.1. The third kappa shape index (κ3) is 4.33. The second-order valence-electron chi connectivity index (χ2n) is 10.9. The number of halogens is 1. The smallest absolute Gasteiger partial charge is 0.106 e. The van der Waals surface area contributed by atoms with E-state index in [1.54, 1.807) is 0 Å². The number of piperidine rings is 1. The SMILES string of the molecule is FC1C2CCCC1C1CCCCC1OCCCCN1CCC[C@@]3(COCCN3)[C@@H]1C2. The summed E-state index contributed by atoms with van der Waals surface area (Å²) in [5.74, 6) is 0.876. The summed E-state index contributed by atoms with van der Waals surface area (Å²) >= 11 is 0. The van der Waals surface area contributed by atoms with Crippen LogP contribution in [0, 0.1) is 17.8 Å². The molecule has 2 bridgehead atoms. The summed E-state index contributed by atoms with van der Waals surface area (Å²) < 4.78 is 28.6. The maximum atomic E-state index is 16.1. The Kier molecular flexibility index (Phi) is 7.00. The number of morpholine rings is 1. The van der Waals surface area contributed by atoms with Gasteiger partial charge in [0.05, 0.1) is 24.9 Å². The van der Waals surface area contributed by atoms with Gasteiger partial charge in [-0.25, -0.2) is 4.39 Å². The van der Waals surface area contributed by atoms with Gasteiger partial charge in [-0.3, -0.25) is 4.90 Å². The first kappa shape index (κ1) is 21.6. The van der Waals surface area contributed by atoms with Crippen LogP contribution in [0.3, 0.4) is 0 Å². The predicted molar refractivity (Wildman–Crippen MR) is 117 cm³/mol. The van der Waals surface area contributed by atoms with Crippen molar-refractivity contribution < 1.29 is 13.9 Å². The minimum atomic E-state index is -0.654. The van der Waals surface area contributed by atoms with Crippen LogP contribution in [0.4, 0.5) is 4.39 Å². The van der Waals surface area contributed by atoms with E-state index < -0.39 is 6.17 Å². The topological polar surface area (TPSA) is 33.7 Å². The molecule has 0 aromatic heterocycles. The Bertz CT molecular complexity index is 550. The van der Waals surface area contributed by atoms with E-state index >= 15 is 4.39 Å². The molecule has 5 rings (SSSR count). The van der Waals surface area contributed by atoms with Gasteiger partial charge in [-0.2, -0.15) is 0 Å². The first-order chi connectivity index (χ1) is 14.8. The van der Waals surface area contributed by atoms with Crippen molar-refractivity contribution in [3.63, 3.8) is 0 Å². The maximum absolute atomic E-state index is 16.1. The van der Waals surface area contributed by atoms with Crippen molar-refractivity contribution in [2.75, 3.05) is 39.5 Å². The Morgan fingerprint density at radius 2 is 1.73 bits per heavy atom. The van der Waals surface area contributed by atoms with E-state index in [0.29, 0.717) is 18.1 Å². The van der Waals surface area contributed by atoms with Gasteiger partial charge in [-0.1, -0.05) is 19.3 Å². The van der Waals surface area contributed by atoms with Gasteiger partial charge < -0.3 is 14.8 Å². The second kappa shape index (κ2) is 9.72. The summed E-state index contributed by atoms with van der Waals surface area (Å²) in [5, 5.41) is 3.88. The fraction of sp³-hybridized carbons (Fsp3) is 1.00. The predicted octanol–water partition coefficient (Wildman–Crippen LogP) is 4.32. The van der Waals surface area contributed by atoms with Gasteiger partial charge in [0.1, 0.15) is 6.17 Å². The van der Waals surface area contributed by atoms with Crippen LogP contribution in [0.5, 0.6) is 0 Å². The van der Waals surface area contributed by atoms with Crippen molar-refractivity contribution in [3.05, 3.63) is 0 Å². The highest BCUT2D eigenvalue weighted by molar-refractivity contribution is 5.06. The molecule has 5 heteroatoms. The van der Waals surface area contributed by atoms with Gasteiger partial charge in [-0.15, -0.1) is 0 Å². The van der Waals surface area contributed by atoms with Crippen molar-refractivity contribution in [1.82, 2.24) is 10.2 Å². The lowest BCUT2D eigenvalue weighted by Gasteiger charge is -2.54. The monoisotopic (exact) mass is 422 g/mol. The van der Waals surface area contributed by atoms with Crippen molar-refractivity contribution in [2.45, 2.75) is 101 Å². The number of nitrogens with one attached hydrogen (secondary N) is 1. The molecule has 1 spiro atoms. The molecule has 2 aliphatic carbocycles. The Labute approximate surface area is 182 Å². The average Bonchev–Trinajstić information content (AvgIpc) is 2.78. The van der Waals surface area contributed by atoms with Gasteiger partial charge in [0.2, 0.25) is 0 Å². The lowest BCUT2D eigenvalue weighted by molar-refractivity contribution is -0.0750. The fourth-order valence-electron chi connectivity index (χ4n) is 7.71. The van der Waals surface area contributed by atoms with Crippen LogP contribution in [0.1, 0.15) is 77.0 Å². The Hall–Kier alpha value is -0.230. The number of fused-ring (bicyclic) bond motifs is 6. The van der Waals surface area contributed by atoms with Crippen LogP contribution in [0.2, 0.25) is 0 Å². The quantitative estimate of drug-likeness (QED) is 0.630. The van der Waals surface area contributed by atoms with E-state index in [0.717, 1.165) is 71.6 Å². The molecule has 7 atom stereocenters. The van der Waals surface area contributed by atoms with E-state index in [4.69, 9.17) is 9.47 Å². The Morgan fingerprint density at radius 1 is 0.867 bits per heavy atom. The molecule has 3 aliphatic heterocycles. The Morgan fingerprint density at radius 3 is 2.63 bits per heavy atom. The maximum Gasteiger partial charge on any atom is 0.106 e. The molecule has 0 aromatic carbocycles.